The van der Waals surface area contributed by atoms with Gasteiger partial charge in [0.05, 0.1) is 19.8 Å². The molecule has 2 N–H and O–H groups in total. The lowest BCUT2D eigenvalue weighted by Crippen LogP contribution is -2.54. The molecule has 1 heterocycles. The molecule has 3 atom stereocenters. The molecule has 1 aromatic rings. The maximum Gasteiger partial charge on any atom is 0.242 e. The monoisotopic (exact) mass is 411 g/mol. The molecule has 7 nitrogen and oxygen atoms in total. The lowest BCUT2D eigenvalue weighted by molar-refractivity contribution is -0.149. The van der Waals surface area contributed by atoms with Gasteiger partial charge in [-0.2, -0.15) is 0 Å². The van der Waals surface area contributed by atoms with E-state index in [4.69, 9.17) is 15.2 Å². The van der Waals surface area contributed by atoms with Crippen LogP contribution in [0.3, 0.4) is 0 Å². The lowest BCUT2D eigenvalue weighted by atomic mass is 9.83. The molecule has 0 bridgehead atoms. The number of piperazine rings is 1. The Labute approximate surface area is 172 Å². The highest BCUT2D eigenvalue weighted by Gasteiger charge is 2.36. The summed E-state index contributed by atoms with van der Waals surface area (Å²) in [4.78, 5) is 28.9. The van der Waals surface area contributed by atoms with Crippen LogP contribution in [0.25, 0.3) is 0 Å². The normalized spacial score (nSPS) is 25.2. The summed E-state index contributed by atoms with van der Waals surface area (Å²) in [5.74, 6) is 0.705. The number of carbonyl (C=O) groups is 2. The van der Waals surface area contributed by atoms with Crippen LogP contribution in [-0.4, -0.2) is 67.6 Å². The molecule has 0 radical (unpaired) electrons. The summed E-state index contributed by atoms with van der Waals surface area (Å²) in [5.41, 5.74) is 7.07. The Kier molecular flexibility index (Phi) is 8.10. The molecule has 0 unspecified atom stereocenters. The number of methoxy groups -OCH3 is 2. The van der Waals surface area contributed by atoms with Gasteiger partial charge >= 0.3 is 0 Å². The molecule has 1 saturated heterocycles. The molecule has 2 amide bonds. The number of benzene rings is 1. The summed E-state index contributed by atoms with van der Waals surface area (Å²) in [6, 6.07) is 7.69. The van der Waals surface area contributed by atoms with Gasteiger partial charge in [-0.1, -0.05) is 12.1 Å². The average molecular weight is 412 g/mol. The van der Waals surface area contributed by atoms with E-state index in [9.17, 15) is 9.59 Å². The number of nitrogens with zero attached hydrogens (tertiary/aromatic N) is 2. The molecule has 2 fully saturated rings. The predicted octanol–water partition coefficient (Wildman–Crippen LogP) is 1.43. The predicted molar refractivity (Wildman–Crippen MR) is 108 cm³/mol. The molecule has 28 heavy (non-hydrogen) atoms. The average Bonchev–Trinajstić information content (AvgIpc) is 2.69. The number of carbonyl (C=O) groups excluding carboxylic acids is 2. The molecule has 0 spiro atoms. The Morgan fingerprint density at radius 2 is 2.04 bits per heavy atom. The Morgan fingerprint density at radius 3 is 2.71 bits per heavy atom. The van der Waals surface area contributed by atoms with E-state index in [1.807, 2.05) is 24.3 Å². The largest absolute Gasteiger partial charge is 0.497 e. The Bertz CT molecular complexity index is 687. The fourth-order valence-electron chi connectivity index (χ4n) is 3.96. The second-order valence-corrected chi connectivity index (χ2v) is 7.37. The van der Waals surface area contributed by atoms with Crippen LogP contribution in [0.1, 0.15) is 24.8 Å². The van der Waals surface area contributed by atoms with E-state index in [0.29, 0.717) is 26.1 Å². The molecule has 156 valence electrons. The summed E-state index contributed by atoms with van der Waals surface area (Å²) < 4.78 is 10.6. The van der Waals surface area contributed by atoms with Crippen LogP contribution in [0.2, 0.25) is 0 Å². The second-order valence-electron chi connectivity index (χ2n) is 7.37. The Hall–Kier alpha value is -1.83. The van der Waals surface area contributed by atoms with E-state index in [1.54, 1.807) is 24.0 Å². The number of halogens is 1. The highest BCUT2D eigenvalue weighted by Crippen LogP contribution is 2.27. The first-order chi connectivity index (χ1) is 13.0. The summed E-state index contributed by atoms with van der Waals surface area (Å²) >= 11 is 0. The maximum atomic E-state index is 12.9. The Balaban J connectivity index is 0.00000280. The van der Waals surface area contributed by atoms with Crippen molar-refractivity contribution in [1.29, 1.82) is 0 Å². The van der Waals surface area contributed by atoms with Crippen LogP contribution in [0.15, 0.2) is 24.3 Å². The van der Waals surface area contributed by atoms with Gasteiger partial charge < -0.3 is 25.0 Å². The van der Waals surface area contributed by atoms with Crippen molar-refractivity contribution in [2.24, 2.45) is 11.7 Å². The second kappa shape index (κ2) is 10.1. The van der Waals surface area contributed by atoms with Crippen molar-refractivity contribution in [1.82, 2.24) is 9.80 Å². The van der Waals surface area contributed by atoms with E-state index in [2.05, 4.69) is 0 Å². The Morgan fingerprint density at radius 1 is 1.25 bits per heavy atom. The van der Waals surface area contributed by atoms with Gasteiger partial charge in [0.15, 0.2) is 0 Å². The third-order valence-electron chi connectivity index (χ3n) is 5.63. The van der Waals surface area contributed by atoms with Gasteiger partial charge in [-0.3, -0.25) is 9.59 Å². The first-order valence-electron chi connectivity index (χ1n) is 9.49. The van der Waals surface area contributed by atoms with E-state index < -0.39 is 0 Å². The van der Waals surface area contributed by atoms with Crippen LogP contribution in [0.5, 0.6) is 5.75 Å². The molecular formula is C20H30ClN3O4. The topological polar surface area (TPSA) is 85.1 Å². The quantitative estimate of drug-likeness (QED) is 0.792. The minimum atomic E-state index is -0.104. The van der Waals surface area contributed by atoms with E-state index in [0.717, 1.165) is 24.2 Å². The highest BCUT2D eigenvalue weighted by molar-refractivity contribution is 5.87. The highest BCUT2D eigenvalue weighted by atomic mass is 35.5. The molecule has 8 heteroatoms. The molecule has 1 aliphatic carbocycles. The zero-order chi connectivity index (χ0) is 19.4. The number of ether oxygens (including phenoxy) is 2. The van der Waals surface area contributed by atoms with Crippen LogP contribution >= 0.6 is 12.4 Å². The summed E-state index contributed by atoms with van der Waals surface area (Å²) in [7, 11) is 3.26. The zero-order valence-corrected chi connectivity index (χ0v) is 17.3. The van der Waals surface area contributed by atoms with Crippen LogP contribution in [0, 0.1) is 5.92 Å². The fraction of sp³-hybridized carbons (Fsp3) is 0.600. The number of rotatable bonds is 5. The SMILES string of the molecule is COc1cccc(CN2CCN(C(=O)[C@H]3CC[C@H](N)[C@@H](OC)C3)CC2=O)c1.Cl. The third kappa shape index (κ3) is 5.16. The number of hydrogen-bond donors (Lipinski definition) is 1. The minimum absolute atomic E-state index is 0. The molecule has 3 rings (SSSR count). The van der Waals surface area contributed by atoms with E-state index in [1.165, 1.54) is 0 Å². The zero-order valence-electron chi connectivity index (χ0n) is 16.5. The van der Waals surface area contributed by atoms with Gasteiger partial charge in [-0.05, 0) is 37.0 Å². The van der Waals surface area contributed by atoms with Crippen LogP contribution in [-0.2, 0) is 20.9 Å². The van der Waals surface area contributed by atoms with Crippen molar-refractivity contribution in [2.45, 2.75) is 38.0 Å². The van der Waals surface area contributed by atoms with Gasteiger partial charge in [-0.15, -0.1) is 12.4 Å². The van der Waals surface area contributed by atoms with Gasteiger partial charge in [0, 0.05) is 38.7 Å². The summed E-state index contributed by atoms with van der Waals surface area (Å²) in [6.07, 6.45) is 2.09. The third-order valence-corrected chi connectivity index (χ3v) is 5.63. The minimum Gasteiger partial charge on any atom is -0.497 e. The number of amides is 2. The standard InChI is InChI=1S/C20H29N3O4.ClH/c1-26-16-5-3-4-14(10-16)12-22-8-9-23(13-19(22)24)20(25)15-6-7-17(21)18(11-15)27-2;/h3-5,10,15,17-18H,6-9,11-13,21H2,1-2H3;1H/t15-,17-,18-;/m0./s1. The van der Waals surface area contributed by atoms with Gasteiger partial charge in [0.1, 0.15) is 5.75 Å². The summed E-state index contributed by atoms with van der Waals surface area (Å²) in [5, 5.41) is 0. The molecule has 1 saturated carbocycles. The first kappa shape index (κ1) is 22.5. The van der Waals surface area contributed by atoms with Crippen molar-refractivity contribution < 1.29 is 19.1 Å². The van der Waals surface area contributed by atoms with Crippen molar-refractivity contribution in [2.75, 3.05) is 33.9 Å². The molecule has 0 aromatic heterocycles. The molecule has 2 aliphatic rings. The smallest absolute Gasteiger partial charge is 0.242 e. The molecular weight excluding hydrogens is 382 g/mol. The van der Waals surface area contributed by atoms with Crippen LogP contribution in [0.4, 0.5) is 0 Å². The van der Waals surface area contributed by atoms with E-state index >= 15 is 0 Å². The summed E-state index contributed by atoms with van der Waals surface area (Å²) in [6.45, 7) is 1.78. The van der Waals surface area contributed by atoms with Crippen molar-refractivity contribution in [3.05, 3.63) is 29.8 Å². The lowest BCUT2D eigenvalue weighted by Gasteiger charge is -2.38. The van der Waals surface area contributed by atoms with Crippen molar-refractivity contribution in [3.8, 4) is 5.75 Å². The van der Waals surface area contributed by atoms with Gasteiger partial charge in [0.25, 0.3) is 0 Å². The fourth-order valence-corrected chi connectivity index (χ4v) is 3.96. The molecule has 1 aromatic carbocycles. The molecule has 1 aliphatic heterocycles. The first-order valence-corrected chi connectivity index (χ1v) is 9.49. The number of hydrogen-bond acceptors (Lipinski definition) is 5. The maximum absolute atomic E-state index is 12.9. The van der Waals surface area contributed by atoms with Crippen molar-refractivity contribution >= 4 is 24.2 Å². The van der Waals surface area contributed by atoms with Crippen LogP contribution < -0.4 is 10.5 Å². The van der Waals surface area contributed by atoms with Crippen molar-refractivity contribution in [3.63, 3.8) is 0 Å². The number of nitrogens with two attached hydrogens (primary N) is 1. The van der Waals surface area contributed by atoms with Gasteiger partial charge in [-0.25, -0.2) is 0 Å². The van der Waals surface area contributed by atoms with E-state index in [-0.39, 0.29) is 48.8 Å². The van der Waals surface area contributed by atoms with Gasteiger partial charge in [0.2, 0.25) is 11.8 Å².